The summed E-state index contributed by atoms with van der Waals surface area (Å²) in [4.78, 5) is 29.9. The molecule has 0 radical (unpaired) electrons. The van der Waals surface area contributed by atoms with Crippen LogP contribution < -0.4 is 21.3 Å². The lowest BCUT2D eigenvalue weighted by Crippen LogP contribution is -2.50. The van der Waals surface area contributed by atoms with Crippen LogP contribution in [0.1, 0.15) is 73.5 Å². The van der Waals surface area contributed by atoms with Crippen molar-refractivity contribution in [3.05, 3.63) is 46.5 Å². The van der Waals surface area contributed by atoms with E-state index in [0.717, 1.165) is 53.9 Å². The Morgan fingerprint density at radius 3 is 2.56 bits per heavy atom. The number of anilines is 3. The van der Waals surface area contributed by atoms with Crippen LogP contribution in [0.3, 0.4) is 0 Å². The van der Waals surface area contributed by atoms with Crippen molar-refractivity contribution >= 4 is 29.3 Å². The molecule has 0 spiro atoms. The Morgan fingerprint density at radius 2 is 1.85 bits per heavy atom. The molecule has 0 saturated heterocycles. The lowest BCUT2D eigenvalue weighted by molar-refractivity contribution is 0.0488. The summed E-state index contributed by atoms with van der Waals surface area (Å²) in [6, 6.07) is 7.94. The molecule has 2 aromatic rings. The molecule has 1 unspecified atom stereocenters. The van der Waals surface area contributed by atoms with Gasteiger partial charge in [0.25, 0.3) is 5.91 Å². The number of nitrogens with zero attached hydrogens (tertiary/aromatic N) is 1. The average molecular weight is 466 g/mol. The first-order chi connectivity index (χ1) is 16.1. The molecule has 182 valence electrons. The Morgan fingerprint density at radius 1 is 1.12 bits per heavy atom. The third kappa shape index (κ3) is 5.43. The van der Waals surface area contributed by atoms with E-state index in [9.17, 15) is 9.59 Å². The van der Waals surface area contributed by atoms with E-state index >= 15 is 0 Å². The Hall–Kier alpha value is -3.29. The van der Waals surface area contributed by atoms with Crippen LogP contribution in [-0.2, 0) is 11.3 Å². The molecule has 4 N–H and O–H groups in total. The summed E-state index contributed by atoms with van der Waals surface area (Å²) in [5.74, 6) is 1.15. The van der Waals surface area contributed by atoms with Crippen molar-refractivity contribution in [1.29, 1.82) is 0 Å². The molecule has 2 atom stereocenters. The minimum atomic E-state index is -0.546. The number of carbonyl (C=O) groups excluding carboxylic acids is 2. The zero-order valence-corrected chi connectivity index (χ0v) is 20.7. The number of aryl methyl sites for hydroxylation is 1. The molecule has 4 rings (SSSR count). The van der Waals surface area contributed by atoms with E-state index in [1.54, 1.807) is 0 Å². The largest absolute Gasteiger partial charge is 0.444 e. The van der Waals surface area contributed by atoms with E-state index in [0.29, 0.717) is 17.9 Å². The smallest absolute Gasteiger partial charge is 0.407 e. The highest BCUT2D eigenvalue weighted by Crippen LogP contribution is 2.33. The molecule has 8 heteroatoms. The summed E-state index contributed by atoms with van der Waals surface area (Å²) in [5, 5.41) is 12.9. The van der Waals surface area contributed by atoms with Crippen molar-refractivity contribution in [3.8, 4) is 0 Å². The molecule has 1 aromatic carbocycles. The highest BCUT2D eigenvalue weighted by atomic mass is 16.6. The predicted octanol–water partition coefficient (Wildman–Crippen LogP) is 4.93. The number of ether oxygens (including phenoxy) is 1. The van der Waals surface area contributed by atoms with Gasteiger partial charge in [0, 0.05) is 18.3 Å². The zero-order valence-electron chi connectivity index (χ0n) is 20.7. The van der Waals surface area contributed by atoms with Gasteiger partial charge < -0.3 is 26.0 Å². The van der Waals surface area contributed by atoms with Gasteiger partial charge in [0.15, 0.2) is 0 Å². The Kier molecular flexibility index (Phi) is 6.68. The summed E-state index contributed by atoms with van der Waals surface area (Å²) < 4.78 is 5.48. The number of carbonyl (C=O) groups is 2. The first-order valence-corrected chi connectivity index (χ1v) is 12.0. The summed E-state index contributed by atoms with van der Waals surface area (Å²) >= 11 is 0. The van der Waals surface area contributed by atoms with Crippen molar-refractivity contribution in [3.63, 3.8) is 0 Å². The number of fused-ring (bicyclic) bond motifs is 1. The van der Waals surface area contributed by atoms with Crippen LogP contribution in [0.5, 0.6) is 0 Å². The van der Waals surface area contributed by atoms with Gasteiger partial charge in [-0.25, -0.2) is 9.78 Å². The van der Waals surface area contributed by atoms with E-state index < -0.39 is 11.7 Å². The number of alkyl carbamates (subject to hydrolysis) is 1. The summed E-state index contributed by atoms with van der Waals surface area (Å²) in [7, 11) is 0. The second-order valence-corrected chi connectivity index (χ2v) is 10.3. The summed E-state index contributed by atoms with van der Waals surface area (Å²) in [6.07, 6.45) is 3.50. The average Bonchev–Trinajstić information content (AvgIpc) is 3.13. The third-order valence-electron chi connectivity index (χ3n) is 6.29. The van der Waals surface area contributed by atoms with Crippen LogP contribution in [0.4, 0.5) is 22.1 Å². The molecule has 0 bridgehead atoms. The lowest BCUT2D eigenvalue weighted by atomic mass is 9.90. The van der Waals surface area contributed by atoms with Gasteiger partial charge in [-0.1, -0.05) is 25.0 Å². The van der Waals surface area contributed by atoms with Crippen LogP contribution >= 0.6 is 0 Å². The molecule has 1 aliphatic carbocycles. The molecule has 34 heavy (non-hydrogen) atoms. The molecule has 2 aliphatic rings. The summed E-state index contributed by atoms with van der Waals surface area (Å²) in [6.45, 7) is 10.1. The molecule has 1 aromatic heterocycles. The molecule has 1 saturated carbocycles. The van der Waals surface area contributed by atoms with Gasteiger partial charge in [0.05, 0.1) is 11.6 Å². The van der Waals surface area contributed by atoms with Crippen LogP contribution in [-0.4, -0.2) is 34.7 Å². The first kappa shape index (κ1) is 23.9. The number of nitrogens with one attached hydrogen (secondary N) is 4. The van der Waals surface area contributed by atoms with Gasteiger partial charge in [0.2, 0.25) is 0 Å². The highest BCUT2D eigenvalue weighted by Gasteiger charge is 2.32. The highest BCUT2D eigenvalue weighted by molar-refractivity contribution is 6.04. The lowest BCUT2D eigenvalue weighted by Gasteiger charge is -2.34. The van der Waals surface area contributed by atoms with Crippen molar-refractivity contribution in [2.45, 2.75) is 84.5 Å². The maximum atomic E-state index is 12.6. The first-order valence-electron chi connectivity index (χ1n) is 12.0. The van der Waals surface area contributed by atoms with Crippen LogP contribution in [0, 0.1) is 13.8 Å². The molecule has 1 aliphatic heterocycles. The number of hydrogen-bond donors (Lipinski definition) is 4. The quantitative estimate of drug-likeness (QED) is 0.499. The molecule has 2 amide bonds. The molecule has 1 fully saturated rings. The molecule has 2 heterocycles. The maximum absolute atomic E-state index is 12.6. The minimum Gasteiger partial charge on any atom is -0.444 e. The number of amides is 2. The van der Waals surface area contributed by atoms with E-state index in [2.05, 4.69) is 21.3 Å². The molecular formula is C26H35N5O3. The SMILES string of the molecule is Cc1cccc(Nc2nc(NC3CCCC[C@@H]3NC(=O)OC(C)(C)C)c(C)c3c2C(=O)NC3)c1. The van der Waals surface area contributed by atoms with E-state index in [1.165, 1.54) is 0 Å². The Bertz CT molecular complexity index is 1090. The normalized spacial score (nSPS) is 19.7. The van der Waals surface area contributed by atoms with Crippen LogP contribution in [0.25, 0.3) is 0 Å². The number of rotatable bonds is 5. The Labute approximate surface area is 201 Å². The second-order valence-electron chi connectivity index (χ2n) is 10.3. The van der Waals surface area contributed by atoms with Gasteiger partial charge in [-0.3, -0.25) is 4.79 Å². The molecular weight excluding hydrogens is 430 g/mol. The monoisotopic (exact) mass is 465 g/mol. The van der Waals surface area contributed by atoms with E-state index in [-0.39, 0.29) is 18.0 Å². The number of benzene rings is 1. The molecule has 8 nitrogen and oxygen atoms in total. The zero-order chi connectivity index (χ0) is 24.5. The van der Waals surface area contributed by atoms with Gasteiger partial charge in [-0.05, 0) is 76.3 Å². The second kappa shape index (κ2) is 9.52. The van der Waals surface area contributed by atoms with Gasteiger partial charge >= 0.3 is 6.09 Å². The minimum absolute atomic E-state index is 0.0161. The fraction of sp³-hybridized carbons (Fsp3) is 0.500. The van der Waals surface area contributed by atoms with Crippen molar-refractivity contribution < 1.29 is 14.3 Å². The van der Waals surface area contributed by atoms with Crippen LogP contribution in [0.15, 0.2) is 24.3 Å². The number of aromatic nitrogens is 1. The fourth-order valence-electron chi connectivity index (χ4n) is 4.65. The standard InChI is InChI=1S/C26H35N5O3/c1-15-9-8-10-17(13-15)28-23-21-18(14-27-24(21)32)16(2)22(31-23)29-19-11-6-7-12-20(19)30-25(33)34-26(3,4)5/h8-10,13,19-20H,6-7,11-12,14H2,1-5H3,(H,27,32)(H,30,33)(H2,28,29,31)/t19?,20-/m0/s1. The van der Waals surface area contributed by atoms with Crippen LogP contribution in [0.2, 0.25) is 0 Å². The van der Waals surface area contributed by atoms with Gasteiger partial charge in [-0.2, -0.15) is 0 Å². The maximum Gasteiger partial charge on any atom is 0.407 e. The van der Waals surface area contributed by atoms with Gasteiger partial charge in [-0.15, -0.1) is 0 Å². The summed E-state index contributed by atoms with van der Waals surface area (Å²) in [5.41, 5.74) is 3.95. The van der Waals surface area contributed by atoms with E-state index in [4.69, 9.17) is 9.72 Å². The third-order valence-corrected chi connectivity index (χ3v) is 6.29. The number of pyridine rings is 1. The topological polar surface area (TPSA) is 104 Å². The number of hydrogen-bond acceptors (Lipinski definition) is 6. The van der Waals surface area contributed by atoms with Crippen molar-refractivity contribution in [2.75, 3.05) is 10.6 Å². The van der Waals surface area contributed by atoms with E-state index in [1.807, 2.05) is 58.9 Å². The van der Waals surface area contributed by atoms with Crippen molar-refractivity contribution in [2.24, 2.45) is 0 Å². The Balaban J connectivity index is 1.60. The fourth-order valence-corrected chi connectivity index (χ4v) is 4.65. The van der Waals surface area contributed by atoms with Gasteiger partial charge in [0.1, 0.15) is 17.2 Å². The van der Waals surface area contributed by atoms with Crippen molar-refractivity contribution in [1.82, 2.24) is 15.6 Å². The predicted molar refractivity (Wildman–Crippen MR) is 134 cm³/mol.